The van der Waals surface area contributed by atoms with Crippen LogP contribution in [0.4, 0.5) is 14.9 Å². The summed E-state index contributed by atoms with van der Waals surface area (Å²) in [6.45, 7) is 0.692. The maximum Gasteiger partial charge on any atom is 0.414 e. The topological polar surface area (TPSA) is 66.9 Å². The molecule has 2 aromatic carbocycles. The van der Waals surface area contributed by atoms with Crippen LogP contribution in [0.3, 0.4) is 0 Å². The number of rotatable bonds is 3. The molecule has 9 heteroatoms. The molecule has 2 heterocycles. The third kappa shape index (κ3) is 3.47. The highest BCUT2D eigenvalue weighted by atomic mass is 35.5. The second-order valence-electron chi connectivity index (χ2n) is 6.79. The molecule has 0 spiro atoms. The second-order valence-corrected chi connectivity index (χ2v) is 9.16. The van der Waals surface area contributed by atoms with Crippen molar-refractivity contribution >= 4 is 33.4 Å². The number of fused-ring (bicyclic) bond motifs is 1. The Morgan fingerprint density at radius 2 is 1.75 bits per heavy atom. The summed E-state index contributed by atoms with van der Waals surface area (Å²) < 4.78 is 45.3. The third-order valence-corrected chi connectivity index (χ3v) is 7.24. The molecule has 0 radical (unpaired) electrons. The smallest absolute Gasteiger partial charge is 0.414 e. The number of cyclic esters (lactones) is 1. The summed E-state index contributed by atoms with van der Waals surface area (Å²) in [7, 11) is -3.70. The molecule has 0 aromatic heterocycles. The van der Waals surface area contributed by atoms with Gasteiger partial charge in [-0.15, -0.1) is 0 Å². The number of hydrogen-bond donors (Lipinski definition) is 0. The molecule has 4 rings (SSSR count). The Hall–Kier alpha value is -2.16. The molecule has 2 aliphatic rings. The third-order valence-electron chi connectivity index (χ3n) is 5.09. The molecular weight excluding hydrogens is 407 g/mol. The molecule has 0 saturated carbocycles. The average molecular weight is 425 g/mol. The van der Waals surface area contributed by atoms with Gasteiger partial charge in [0.05, 0.1) is 10.6 Å². The summed E-state index contributed by atoms with van der Waals surface area (Å²) >= 11 is 6.03. The zero-order chi connectivity index (χ0) is 19.9. The number of ether oxygens (including phenoxy) is 1. The highest BCUT2D eigenvalue weighted by molar-refractivity contribution is 7.89. The first kappa shape index (κ1) is 19.2. The summed E-state index contributed by atoms with van der Waals surface area (Å²) in [4.78, 5) is 14.0. The van der Waals surface area contributed by atoms with Crippen molar-refractivity contribution in [3.05, 3.63) is 58.9 Å². The van der Waals surface area contributed by atoms with Gasteiger partial charge in [-0.3, -0.25) is 4.90 Å². The van der Waals surface area contributed by atoms with E-state index in [1.165, 1.54) is 16.4 Å². The Bertz CT molecular complexity index is 1010. The van der Waals surface area contributed by atoms with Crippen LogP contribution in [-0.2, 0) is 21.4 Å². The van der Waals surface area contributed by atoms with Gasteiger partial charge in [-0.05, 0) is 55.3 Å². The van der Waals surface area contributed by atoms with Crippen LogP contribution in [0.1, 0.15) is 18.4 Å². The first-order valence-electron chi connectivity index (χ1n) is 8.86. The number of carbonyl (C=O) groups excluding carboxylic acids is 1. The minimum atomic E-state index is -3.70. The molecule has 1 saturated heterocycles. The van der Waals surface area contributed by atoms with Crippen LogP contribution in [-0.4, -0.2) is 37.9 Å². The molecule has 0 bridgehead atoms. The van der Waals surface area contributed by atoms with E-state index >= 15 is 0 Å². The Labute approximate surface area is 167 Å². The second kappa shape index (κ2) is 7.35. The van der Waals surface area contributed by atoms with Crippen molar-refractivity contribution in [3.63, 3.8) is 0 Å². The summed E-state index contributed by atoms with van der Waals surface area (Å²) in [6, 6.07) is 9.89. The Kier molecular flexibility index (Phi) is 5.03. The monoisotopic (exact) mass is 424 g/mol. The zero-order valence-electron chi connectivity index (χ0n) is 14.8. The SMILES string of the molecule is O=C1OCc2cc(Cl)ccc2N1C1CCN(S(=O)(=O)c2ccc(F)cc2)CC1. The fourth-order valence-corrected chi connectivity index (χ4v) is 5.32. The first-order valence-corrected chi connectivity index (χ1v) is 10.7. The van der Waals surface area contributed by atoms with E-state index in [0.29, 0.717) is 17.9 Å². The zero-order valence-corrected chi connectivity index (χ0v) is 16.4. The van der Waals surface area contributed by atoms with Crippen molar-refractivity contribution in [1.82, 2.24) is 4.31 Å². The summed E-state index contributed by atoms with van der Waals surface area (Å²) in [5, 5.41) is 0.567. The van der Waals surface area contributed by atoms with E-state index in [2.05, 4.69) is 0 Å². The van der Waals surface area contributed by atoms with Gasteiger partial charge in [0, 0.05) is 29.7 Å². The molecule has 2 aromatic rings. The van der Waals surface area contributed by atoms with E-state index in [1.807, 2.05) is 0 Å². The van der Waals surface area contributed by atoms with Gasteiger partial charge in [0.15, 0.2) is 0 Å². The van der Waals surface area contributed by atoms with Gasteiger partial charge in [0.2, 0.25) is 10.0 Å². The largest absolute Gasteiger partial charge is 0.444 e. The van der Waals surface area contributed by atoms with Crippen molar-refractivity contribution in [3.8, 4) is 0 Å². The lowest BCUT2D eigenvalue weighted by Gasteiger charge is -2.39. The van der Waals surface area contributed by atoms with E-state index in [-0.39, 0.29) is 30.6 Å². The van der Waals surface area contributed by atoms with Gasteiger partial charge in [0.1, 0.15) is 12.4 Å². The standard InChI is InChI=1S/C19H18ClFN2O4S/c20-14-1-6-18-13(11-14)12-27-19(24)23(18)16-7-9-22(10-8-16)28(25,26)17-4-2-15(21)3-5-17/h1-6,11,16H,7-10,12H2. The van der Waals surface area contributed by atoms with Gasteiger partial charge < -0.3 is 4.74 Å². The molecule has 6 nitrogen and oxygen atoms in total. The number of amides is 1. The van der Waals surface area contributed by atoms with Gasteiger partial charge in [-0.2, -0.15) is 4.31 Å². The van der Waals surface area contributed by atoms with Crippen molar-refractivity contribution in [2.75, 3.05) is 18.0 Å². The van der Waals surface area contributed by atoms with Crippen LogP contribution < -0.4 is 4.90 Å². The lowest BCUT2D eigenvalue weighted by molar-refractivity contribution is 0.136. The maximum atomic E-state index is 13.1. The lowest BCUT2D eigenvalue weighted by Crippen LogP contribution is -2.50. The highest BCUT2D eigenvalue weighted by Crippen LogP contribution is 2.34. The molecular formula is C19H18ClFN2O4S. The molecule has 0 unspecified atom stereocenters. The van der Waals surface area contributed by atoms with Crippen molar-refractivity contribution < 1.29 is 22.3 Å². The quantitative estimate of drug-likeness (QED) is 0.751. The van der Waals surface area contributed by atoms with E-state index < -0.39 is 21.9 Å². The summed E-state index contributed by atoms with van der Waals surface area (Å²) in [6.07, 6.45) is 0.504. The number of nitrogens with zero attached hydrogens (tertiary/aromatic N) is 2. The Morgan fingerprint density at radius 3 is 2.43 bits per heavy atom. The van der Waals surface area contributed by atoms with E-state index in [4.69, 9.17) is 16.3 Å². The number of carbonyl (C=O) groups is 1. The summed E-state index contributed by atoms with van der Waals surface area (Å²) in [5.74, 6) is -0.486. The molecule has 28 heavy (non-hydrogen) atoms. The van der Waals surface area contributed by atoms with Crippen molar-refractivity contribution in [2.45, 2.75) is 30.4 Å². The fourth-order valence-electron chi connectivity index (χ4n) is 3.65. The predicted octanol–water partition coefficient (Wildman–Crippen LogP) is 3.79. The number of benzene rings is 2. The van der Waals surface area contributed by atoms with Crippen LogP contribution in [0.5, 0.6) is 0 Å². The molecule has 0 N–H and O–H groups in total. The van der Waals surface area contributed by atoms with Crippen LogP contribution in [0.15, 0.2) is 47.4 Å². The van der Waals surface area contributed by atoms with Gasteiger partial charge >= 0.3 is 6.09 Å². The minimum Gasteiger partial charge on any atom is -0.444 e. The van der Waals surface area contributed by atoms with E-state index in [9.17, 15) is 17.6 Å². The number of anilines is 1. The van der Waals surface area contributed by atoms with E-state index in [0.717, 1.165) is 23.4 Å². The van der Waals surface area contributed by atoms with Crippen LogP contribution >= 0.6 is 11.6 Å². The van der Waals surface area contributed by atoms with E-state index in [1.54, 1.807) is 23.1 Å². The van der Waals surface area contributed by atoms with Gasteiger partial charge in [0.25, 0.3) is 0 Å². The predicted molar refractivity (Wildman–Crippen MR) is 102 cm³/mol. The molecule has 0 aliphatic carbocycles. The number of sulfonamides is 1. The Balaban J connectivity index is 1.52. The molecule has 1 fully saturated rings. The average Bonchev–Trinajstić information content (AvgIpc) is 2.68. The number of piperidine rings is 1. The molecule has 0 atom stereocenters. The van der Waals surface area contributed by atoms with Gasteiger partial charge in [-0.1, -0.05) is 11.6 Å². The van der Waals surface area contributed by atoms with Crippen LogP contribution in [0.25, 0.3) is 0 Å². The van der Waals surface area contributed by atoms with Crippen molar-refractivity contribution in [1.29, 1.82) is 0 Å². The Morgan fingerprint density at radius 1 is 1.07 bits per heavy atom. The summed E-state index contributed by atoms with van der Waals surface area (Å²) in [5.41, 5.74) is 1.58. The number of hydrogen-bond acceptors (Lipinski definition) is 4. The molecule has 148 valence electrons. The van der Waals surface area contributed by atoms with Crippen LogP contribution in [0, 0.1) is 5.82 Å². The fraction of sp³-hybridized carbons (Fsp3) is 0.316. The maximum absolute atomic E-state index is 13.1. The van der Waals surface area contributed by atoms with Crippen LogP contribution in [0.2, 0.25) is 5.02 Å². The molecule has 2 aliphatic heterocycles. The highest BCUT2D eigenvalue weighted by Gasteiger charge is 2.37. The number of halogens is 2. The lowest BCUT2D eigenvalue weighted by atomic mass is 10.0. The van der Waals surface area contributed by atoms with Gasteiger partial charge in [-0.25, -0.2) is 17.6 Å². The minimum absolute atomic E-state index is 0.0599. The molecule has 1 amide bonds. The first-order chi connectivity index (χ1) is 13.4. The van der Waals surface area contributed by atoms with Crippen molar-refractivity contribution in [2.24, 2.45) is 0 Å². The normalized spacial score (nSPS) is 18.6.